The highest BCUT2D eigenvalue weighted by Gasteiger charge is 2.15. The van der Waals surface area contributed by atoms with Crippen molar-refractivity contribution in [2.75, 3.05) is 0 Å². The van der Waals surface area contributed by atoms with Crippen LogP contribution >= 0.6 is 0 Å². The maximum Gasteiger partial charge on any atom is 0.339 e. The number of aromatic hydroxyl groups is 1. The average molecular weight is 369 g/mol. The van der Waals surface area contributed by atoms with Crippen molar-refractivity contribution in [1.29, 1.82) is 0 Å². The Labute approximate surface area is 155 Å². The lowest BCUT2D eigenvalue weighted by molar-refractivity contribution is -0.121. The number of fused-ring (bicyclic) bond motifs is 1. The van der Waals surface area contributed by atoms with E-state index in [1.54, 1.807) is 31.2 Å². The summed E-state index contributed by atoms with van der Waals surface area (Å²) in [7, 11) is 0. The number of amides is 1. The van der Waals surface area contributed by atoms with E-state index < -0.39 is 5.63 Å². The molecular formula is C21H20FNO4. The van der Waals surface area contributed by atoms with E-state index in [2.05, 4.69) is 5.32 Å². The Morgan fingerprint density at radius 1 is 1.11 bits per heavy atom. The highest BCUT2D eigenvalue weighted by atomic mass is 19.1. The Balaban J connectivity index is 1.71. The van der Waals surface area contributed by atoms with Gasteiger partial charge in [0.15, 0.2) is 0 Å². The van der Waals surface area contributed by atoms with Gasteiger partial charge < -0.3 is 14.8 Å². The van der Waals surface area contributed by atoms with Crippen LogP contribution in [-0.2, 0) is 17.8 Å². The third-order valence-electron chi connectivity index (χ3n) is 4.68. The van der Waals surface area contributed by atoms with Crippen LogP contribution in [0.1, 0.15) is 28.7 Å². The smallest absolute Gasteiger partial charge is 0.339 e. The lowest BCUT2D eigenvalue weighted by Crippen LogP contribution is -2.24. The van der Waals surface area contributed by atoms with Crippen molar-refractivity contribution in [3.63, 3.8) is 0 Å². The van der Waals surface area contributed by atoms with Crippen LogP contribution in [0.25, 0.3) is 11.0 Å². The van der Waals surface area contributed by atoms with Gasteiger partial charge >= 0.3 is 5.63 Å². The molecule has 1 amide bonds. The summed E-state index contributed by atoms with van der Waals surface area (Å²) in [5.41, 5.74) is 2.36. The third-order valence-corrected chi connectivity index (χ3v) is 4.68. The summed E-state index contributed by atoms with van der Waals surface area (Å²) in [6.07, 6.45) is 0.384. The van der Waals surface area contributed by atoms with E-state index in [0.717, 1.165) is 16.5 Å². The van der Waals surface area contributed by atoms with E-state index >= 15 is 0 Å². The Bertz CT molecular complexity index is 1050. The second kappa shape index (κ2) is 7.61. The summed E-state index contributed by atoms with van der Waals surface area (Å²) < 4.78 is 18.3. The second-order valence-corrected chi connectivity index (χ2v) is 6.48. The first-order valence-electron chi connectivity index (χ1n) is 8.63. The Morgan fingerprint density at radius 2 is 1.81 bits per heavy atom. The minimum atomic E-state index is -0.500. The lowest BCUT2D eigenvalue weighted by Gasteiger charge is -2.10. The molecule has 0 aliphatic carbocycles. The van der Waals surface area contributed by atoms with Crippen LogP contribution < -0.4 is 10.9 Å². The number of hydrogen-bond acceptors (Lipinski definition) is 4. The quantitative estimate of drug-likeness (QED) is 0.675. The predicted octanol–water partition coefficient (Wildman–Crippen LogP) is 3.50. The fraction of sp³-hybridized carbons (Fsp3) is 0.238. The van der Waals surface area contributed by atoms with Gasteiger partial charge in [-0.2, -0.15) is 0 Å². The molecule has 0 spiro atoms. The van der Waals surface area contributed by atoms with E-state index in [1.165, 1.54) is 12.1 Å². The standard InChI is InChI=1S/C21H20FNO4/c1-12-16-7-9-18(24)13(2)20(16)27-21(26)17(12)8-10-19(25)23-11-14-3-5-15(22)6-4-14/h3-7,9,24H,8,10-11H2,1-2H3,(H,23,25). The number of hydrogen-bond donors (Lipinski definition) is 2. The highest BCUT2D eigenvalue weighted by molar-refractivity contribution is 5.85. The van der Waals surface area contributed by atoms with Crippen LogP contribution in [-0.4, -0.2) is 11.0 Å². The summed E-state index contributed by atoms with van der Waals surface area (Å²) >= 11 is 0. The minimum absolute atomic E-state index is 0.0676. The first-order chi connectivity index (χ1) is 12.9. The second-order valence-electron chi connectivity index (χ2n) is 6.48. The molecule has 0 saturated heterocycles. The zero-order chi connectivity index (χ0) is 19.6. The number of aryl methyl sites for hydroxylation is 2. The molecule has 3 aromatic rings. The van der Waals surface area contributed by atoms with Crippen molar-refractivity contribution in [3.05, 3.63) is 74.9 Å². The molecule has 0 bridgehead atoms. The van der Waals surface area contributed by atoms with Crippen molar-refractivity contribution in [1.82, 2.24) is 5.32 Å². The van der Waals surface area contributed by atoms with Gasteiger partial charge in [0, 0.05) is 29.5 Å². The van der Waals surface area contributed by atoms with Crippen LogP contribution in [0.15, 0.2) is 45.6 Å². The molecule has 6 heteroatoms. The topological polar surface area (TPSA) is 79.5 Å². The fourth-order valence-electron chi connectivity index (χ4n) is 3.00. The molecule has 2 N–H and O–H groups in total. The molecule has 1 heterocycles. The van der Waals surface area contributed by atoms with Crippen molar-refractivity contribution in [2.45, 2.75) is 33.2 Å². The molecule has 5 nitrogen and oxygen atoms in total. The highest BCUT2D eigenvalue weighted by Crippen LogP contribution is 2.28. The van der Waals surface area contributed by atoms with Crippen molar-refractivity contribution < 1.29 is 18.7 Å². The van der Waals surface area contributed by atoms with Gasteiger partial charge in [-0.05, 0) is 55.7 Å². The van der Waals surface area contributed by atoms with E-state index in [0.29, 0.717) is 23.3 Å². The summed E-state index contributed by atoms with van der Waals surface area (Å²) in [6, 6.07) is 9.15. The number of rotatable bonds is 5. The molecule has 0 radical (unpaired) electrons. The SMILES string of the molecule is Cc1c(CCC(=O)NCc2ccc(F)cc2)c(=O)oc2c(C)c(O)ccc12. The van der Waals surface area contributed by atoms with Crippen LogP contribution in [0.4, 0.5) is 4.39 Å². The fourth-order valence-corrected chi connectivity index (χ4v) is 3.00. The molecule has 0 saturated carbocycles. The van der Waals surface area contributed by atoms with E-state index in [1.807, 2.05) is 6.92 Å². The molecule has 27 heavy (non-hydrogen) atoms. The van der Waals surface area contributed by atoms with Gasteiger partial charge in [0.1, 0.15) is 17.1 Å². The van der Waals surface area contributed by atoms with E-state index in [4.69, 9.17) is 4.42 Å². The number of benzene rings is 2. The van der Waals surface area contributed by atoms with Gasteiger partial charge in [-0.15, -0.1) is 0 Å². The van der Waals surface area contributed by atoms with Crippen molar-refractivity contribution in [2.24, 2.45) is 0 Å². The molecule has 0 unspecified atom stereocenters. The number of nitrogens with one attached hydrogen (secondary N) is 1. The molecule has 140 valence electrons. The Kier molecular flexibility index (Phi) is 5.26. The van der Waals surface area contributed by atoms with Gasteiger partial charge in [0.2, 0.25) is 5.91 Å². The molecule has 0 aliphatic heterocycles. The number of carbonyl (C=O) groups excluding carboxylic acids is 1. The maximum absolute atomic E-state index is 12.9. The molecular weight excluding hydrogens is 349 g/mol. The zero-order valence-electron chi connectivity index (χ0n) is 15.1. The summed E-state index contributed by atoms with van der Waals surface area (Å²) in [5, 5.41) is 13.3. The number of phenols is 1. The average Bonchev–Trinajstić information content (AvgIpc) is 2.64. The van der Waals surface area contributed by atoms with Gasteiger partial charge in [0.05, 0.1) is 0 Å². The zero-order valence-corrected chi connectivity index (χ0v) is 15.1. The normalized spacial score (nSPS) is 10.9. The number of phenolic OH excluding ortho intramolecular Hbond substituents is 1. The Hall–Kier alpha value is -3.15. The third kappa shape index (κ3) is 4.00. The van der Waals surface area contributed by atoms with Crippen LogP contribution in [0.3, 0.4) is 0 Å². The molecule has 1 aromatic heterocycles. The van der Waals surface area contributed by atoms with Gasteiger partial charge in [-0.25, -0.2) is 9.18 Å². The predicted molar refractivity (Wildman–Crippen MR) is 100 cm³/mol. The maximum atomic E-state index is 12.9. The van der Waals surface area contributed by atoms with Gasteiger partial charge in [-0.3, -0.25) is 4.79 Å². The van der Waals surface area contributed by atoms with Crippen LogP contribution in [0.2, 0.25) is 0 Å². The van der Waals surface area contributed by atoms with Crippen LogP contribution in [0, 0.1) is 19.7 Å². The van der Waals surface area contributed by atoms with Crippen LogP contribution in [0.5, 0.6) is 5.75 Å². The first kappa shape index (κ1) is 18.6. The summed E-state index contributed by atoms with van der Waals surface area (Å²) in [6.45, 7) is 3.78. The minimum Gasteiger partial charge on any atom is -0.508 e. The van der Waals surface area contributed by atoms with E-state index in [-0.39, 0.29) is 30.3 Å². The van der Waals surface area contributed by atoms with E-state index in [9.17, 15) is 19.1 Å². The number of halogens is 1. The first-order valence-corrected chi connectivity index (χ1v) is 8.63. The molecule has 0 atom stereocenters. The van der Waals surface area contributed by atoms with Crippen molar-refractivity contribution in [3.8, 4) is 5.75 Å². The monoisotopic (exact) mass is 369 g/mol. The summed E-state index contributed by atoms with van der Waals surface area (Å²) in [5.74, 6) is -0.467. The largest absolute Gasteiger partial charge is 0.508 e. The number of carbonyl (C=O) groups is 1. The molecule has 0 aliphatic rings. The van der Waals surface area contributed by atoms with Gasteiger partial charge in [-0.1, -0.05) is 12.1 Å². The Morgan fingerprint density at radius 3 is 2.52 bits per heavy atom. The lowest BCUT2D eigenvalue weighted by atomic mass is 10.0. The molecule has 0 fully saturated rings. The molecule has 2 aromatic carbocycles. The van der Waals surface area contributed by atoms with Crippen molar-refractivity contribution >= 4 is 16.9 Å². The molecule has 3 rings (SSSR count). The summed E-state index contributed by atoms with van der Waals surface area (Å²) in [4.78, 5) is 24.4. The van der Waals surface area contributed by atoms with Gasteiger partial charge in [0.25, 0.3) is 0 Å².